The second-order valence-electron chi connectivity index (χ2n) is 10.9. The lowest BCUT2D eigenvalue weighted by atomic mass is 9.89. The van der Waals surface area contributed by atoms with E-state index >= 15 is 0 Å². The third-order valence-electron chi connectivity index (χ3n) is 7.19. The Kier molecular flexibility index (Phi) is 8.07. The predicted molar refractivity (Wildman–Crippen MR) is 138 cm³/mol. The highest BCUT2D eigenvalue weighted by molar-refractivity contribution is 5.68. The van der Waals surface area contributed by atoms with Crippen LogP contribution in [0, 0.1) is 13.8 Å². The maximum atomic E-state index is 12.5. The molecule has 2 aromatic rings. The Morgan fingerprint density at radius 3 is 1.94 bits per heavy atom. The fraction of sp³-hybridized carbons (Fsp3) is 0.607. The topological polar surface area (TPSA) is 61.8 Å². The van der Waals surface area contributed by atoms with Crippen molar-refractivity contribution in [2.24, 2.45) is 0 Å². The molecule has 1 amide bonds. The summed E-state index contributed by atoms with van der Waals surface area (Å²) in [7, 11) is 0. The lowest BCUT2D eigenvalue weighted by Crippen LogP contribution is -2.52. The standard InChI is InChI=1S/C28H41N5O2/c1-21-9-7-13-29-25(21)23-11-6-12-24(26-22(2)10-8-14-30-26)33(23)20-17-31-15-18-32(19-16-31)27(34)35-28(3,4)5/h7-10,13-14,23-24H,6,11-12,15-20H2,1-5H3/t23-,24+. The van der Waals surface area contributed by atoms with Gasteiger partial charge in [-0.15, -0.1) is 0 Å². The summed E-state index contributed by atoms with van der Waals surface area (Å²) in [5.41, 5.74) is 4.44. The number of piperazine rings is 1. The summed E-state index contributed by atoms with van der Waals surface area (Å²) in [5, 5.41) is 0. The third kappa shape index (κ3) is 6.39. The largest absolute Gasteiger partial charge is 0.444 e. The molecule has 190 valence electrons. The average Bonchev–Trinajstić information content (AvgIpc) is 2.82. The van der Waals surface area contributed by atoms with Crippen LogP contribution in [0.2, 0.25) is 0 Å². The van der Waals surface area contributed by atoms with Gasteiger partial charge in [-0.1, -0.05) is 12.1 Å². The lowest BCUT2D eigenvalue weighted by molar-refractivity contribution is 0.0110. The molecule has 2 aromatic heterocycles. The van der Waals surface area contributed by atoms with Gasteiger partial charge in [-0.05, 0) is 77.1 Å². The average molecular weight is 480 g/mol. The molecule has 0 N–H and O–H groups in total. The second-order valence-corrected chi connectivity index (χ2v) is 10.9. The predicted octanol–water partition coefficient (Wildman–Crippen LogP) is 4.91. The van der Waals surface area contributed by atoms with Crippen molar-refractivity contribution in [3.8, 4) is 0 Å². The number of ether oxygens (including phenoxy) is 1. The minimum atomic E-state index is -0.459. The zero-order valence-corrected chi connectivity index (χ0v) is 22.0. The minimum absolute atomic E-state index is 0.204. The van der Waals surface area contributed by atoms with Crippen molar-refractivity contribution >= 4 is 6.09 Å². The van der Waals surface area contributed by atoms with Crippen LogP contribution in [-0.4, -0.2) is 75.6 Å². The van der Waals surface area contributed by atoms with E-state index < -0.39 is 5.60 Å². The van der Waals surface area contributed by atoms with Crippen molar-refractivity contribution < 1.29 is 9.53 Å². The molecule has 2 atom stereocenters. The highest BCUT2D eigenvalue weighted by atomic mass is 16.6. The second kappa shape index (κ2) is 11.0. The van der Waals surface area contributed by atoms with Crippen LogP contribution in [0.1, 0.15) is 74.6 Å². The quantitative estimate of drug-likeness (QED) is 0.607. The number of rotatable bonds is 5. The van der Waals surface area contributed by atoms with E-state index in [1.807, 2.05) is 50.2 Å². The van der Waals surface area contributed by atoms with Crippen LogP contribution in [0.4, 0.5) is 4.79 Å². The van der Waals surface area contributed by atoms with Crippen molar-refractivity contribution in [3.05, 3.63) is 59.2 Å². The van der Waals surface area contributed by atoms with Gasteiger partial charge < -0.3 is 9.64 Å². The molecule has 0 bridgehead atoms. The SMILES string of the molecule is Cc1cccnc1[C@H]1CCC[C@@H](c2ncccc2C)N1CCN1CCN(C(=O)OC(C)(C)C)CC1. The molecule has 0 aromatic carbocycles. The monoisotopic (exact) mass is 479 g/mol. The molecule has 0 radical (unpaired) electrons. The van der Waals surface area contributed by atoms with Crippen LogP contribution in [0.3, 0.4) is 0 Å². The molecule has 0 spiro atoms. The van der Waals surface area contributed by atoms with E-state index in [-0.39, 0.29) is 6.09 Å². The molecule has 0 unspecified atom stereocenters. The van der Waals surface area contributed by atoms with E-state index in [1.165, 1.54) is 28.9 Å². The van der Waals surface area contributed by atoms with Gasteiger partial charge in [0.1, 0.15) is 5.60 Å². The summed E-state index contributed by atoms with van der Waals surface area (Å²) in [6.45, 7) is 15.2. The van der Waals surface area contributed by atoms with Crippen LogP contribution >= 0.6 is 0 Å². The summed E-state index contributed by atoms with van der Waals surface area (Å²) in [6, 6.07) is 8.98. The number of aromatic nitrogens is 2. The van der Waals surface area contributed by atoms with Crippen molar-refractivity contribution in [3.63, 3.8) is 0 Å². The molecule has 4 rings (SSSR count). The fourth-order valence-corrected chi connectivity index (χ4v) is 5.38. The number of pyridine rings is 2. The van der Waals surface area contributed by atoms with Gasteiger partial charge in [-0.3, -0.25) is 19.8 Å². The van der Waals surface area contributed by atoms with Gasteiger partial charge in [0.25, 0.3) is 0 Å². The molecule has 0 saturated carbocycles. The maximum Gasteiger partial charge on any atom is 0.410 e. The zero-order valence-electron chi connectivity index (χ0n) is 22.0. The molecule has 2 aliphatic heterocycles. The Hall–Kier alpha value is -2.51. The van der Waals surface area contributed by atoms with Crippen molar-refractivity contribution in [1.29, 1.82) is 0 Å². The first-order chi connectivity index (χ1) is 16.7. The van der Waals surface area contributed by atoms with Crippen LogP contribution in [-0.2, 0) is 4.74 Å². The summed E-state index contributed by atoms with van der Waals surface area (Å²) >= 11 is 0. The minimum Gasteiger partial charge on any atom is -0.444 e. The molecule has 2 fully saturated rings. The number of carbonyl (C=O) groups excluding carboxylic acids is 1. The van der Waals surface area contributed by atoms with E-state index in [0.29, 0.717) is 25.2 Å². The van der Waals surface area contributed by atoms with E-state index in [9.17, 15) is 4.79 Å². The Balaban J connectivity index is 1.46. The van der Waals surface area contributed by atoms with Gasteiger partial charge in [0.05, 0.1) is 23.5 Å². The van der Waals surface area contributed by atoms with Crippen molar-refractivity contribution in [2.75, 3.05) is 39.3 Å². The molecular weight excluding hydrogens is 438 g/mol. The van der Waals surface area contributed by atoms with Crippen LogP contribution in [0.25, 0.3) is 0 Å². The molecular formula is C28H41N5O2. The summed E-state index contributed by atoms with van der Waals surface area (Å²) in [6.07, 6.45) is 7.05. The van der Waals surface area contributed by atoms with Gasteiger partial charge in [0.15, 0.2) is 0 Å². The molecule has 2 aliphatic rings. The van der Waals surface area contributed by atoms with Gasteiger partial charge in [0.2, 0.25) is 0 Å². The van der Waals surface area contributed by atoms with Crippen LogP contribution < -0.4 is 0 Å². The summed E-state index contributed by atoms with van der Waals surface area (Å²) in [5.74, 6) is 0. The van der Waals surface area contributed by atoms with E-state index in [4.69, 9.17) is 14.7 Å². The van der Waals surface area contributed by atoms with Crippen molar-refractivity contribution in [2.45, 2.75) is 71.6 Å². The first kappa shape index (κ1) is 25.6. The molecule has 7 heteroatoms. The fourth-order valence-electron chi connectivity index (χ4n) is 5.38. The smallest absolute Gasteiger partial charge is 0.410 e. The molecule has 35 heavy (non-hydrogen) atoms. The van der Waals surface area contributed by atoms with Crippen LogP contribution in [0.15, 0.2) is 36.7 Å². The number of amides is 1. The van der Waals surface area contributed by atoms with E-state index in [2.05, 4.69) is 35.8 Å². The van der Waals surface area contributed by atoms with Gasteiger partial charge >= 0.3 is 6.09 Å². The Morgan fingerprint density at radius 2 is 1.46 bits per heavy atom. The number of likely N-dealkylation sites (tertiary alicyclic amines) is 1. The van der Waals surface area contributed by atoms with Gasteiger partial charge in [0, 0.05) is 51.7 Å². The third-order valence-corrected chi connectivity index (χ3v) is 7.19. The van der Waals surface area contributed by atoms with Crippen LogP contribution in [0.5, 0.6) is 0 Å². The number of aryl methyl sites for hydroxylation is 2. The number of hydrogen-bond donors (Lipinski definition) is 0. The normalized spacial score (nSPS) is 22.3. The number of piperidine rings is 1. The Labute approximate surface area is 210 Å². The number of nitrogens with zero attached hydrogens (tertiary/aromatic N) is 5. The van der Waals surface area contributed by atoms with Gasteiger partial charge in [-0.25, -0.2) is 4.79 Å². The highest BCUT2D eigenvalue weighted by Gasteiger charge is 2.35. The first-order valence-corrected chi connectivity index (χ1v) is 13.0. The summed E-state index contributed by atoms with van der Waals surface area (Å²) in [4.78, 5) is 29.1. The Morgan fingerprint density at radius 1 is 0.914 bits per heavy atom. The maximum absolute atomic E-state index is 12.5. The molecule has 7 nitrogen and oxygen atoms in total. The number of hydrogen-bond acceptors (Lipinski definition) is 6. The van der Waals surface area contributed by atoms with E-state index in [0.717, 1.165) is 39.0 Å². The molecule has 4 heterocycles. The van der Waals surface area contributed by atoms with Gasteiger partial charge in [-0.2, -0.15) is 0 Å². The lowest BCUT2D eigenvalue weighted by Gasteiger charge is -2.44. The first-order valence-electron chi connectivity index (χ1n) is 13.0. The number of carbonyl (C=O) groups is 1. The zero-order chi connectivity index (χ0) is 25.0. The molecule has 0 aliphatic carbocycles. The highest BCUT2D eigenvalue weighted by Crippen LogP contribution is 2.41. The van der Waals surface area contributed by atoms with Crippen molar-refractivity contribution in [1.82, 2.24) is 24.7 Å². The van der Waals surface area contributed by atoms with E-state index in [1.54, 1.807) is 0 Å². The summed E-state index contributed by atoms with van der Waals surface area (Å²) < 4.78 is 5.56. The molecule has 2 saturated heterocycles. The Bertz CT molecular complexity index is 943.